The van der Waals surface area contributed by atoms with Gasteiger partial charge in [-0.2, -0.15) is 0 Å². The number of nitrogens with one attached hydrogen (secondary N) is 1. The highest BCUT2D eigenvalue weighted by Gasteiger charge is 2.52. The van der Waals surface area contributed by atoms with Crippen LogP contribution in [-0.2, 0) is 29.1 Å². The van der Waals surface area contributed by atoms with Gasteiger partial charge in [0.15, 0.2) is 6.61 Å². The van der Waals surface area contributed by atoms with Gasteiger partial charge in [-0.05, 0) is 37.8 Å². The molecule has 2 heterocycles. The number of hydrogen-bond donors (Lipinski definition) is 1. The average molecular weight is 450 g/mol. The number of ether oxygens (including phenoxy) is 1. The van der Waals surface area contributed by atoms with Gasteiger partial charge >= 0.3 is 5.97 Å². The molecule has 9 nitrogen and oxygen atoms in total. The van der Waals surface area contributed by atoms with Crippen LogP contribution in [0.15, 0.2) is 24.3 Å². The molecule has 0 radical (unpaired) electrons. The van der Waals surface area contributed by atoms with E-state index in [4.69, 9.17) is 4.74 Å². The van der Waals surface area contributed by atoms with Crippen LogP contribution in [0.2, 0.25) is 0 Å². The number of nitrogens with zero attached hydrogens (tertiary/aromatic N) is 2. The third-order valence-corrected chi connectivity index (χ3v) is 7.82. The summed E-state index contributed by atoms with van der Waals surface area (Å²) in [4.78, 5) is 40.2. The van der Waals surface area contributed by atoms with Crippen LogP contribution in [0.1, 0.15) is 38.5 Å². The first-order valence-corrected chi connectivity index (χ1v) is 12.4. The molecule has 2 fully saturated rings. The summed E-state index contributed by atoms with van der Waals surface area (Å²) in [6.45, 7) is 0.0686. The molecule has 10 heteroatoms. The Bertz CT molecular complexity index is 994. The Labute approximate surface area is 181 Å². The third kappa shape index (κ3) is 4.06. The molecule has 1 spiro atoms. The zero-order chi connectivity index (χ0) is 22.2. The van der Waals surface area contributed by atoms with E-state index in [1.807, 2.05) is 0 Å². The first-order chi connectivity index (χ1) is 14.7. The fraction of sp³-hybridized carbons (Fsp3) is 0.571. The normalized spacial score (nSPS) is 21.6. The summed E-state index contributed by atoms with van der Waals surface area (Å²) >= 11 is 0. The second-order valence-electron chi connectivity index (χ2n) is 8.48. The molecule has 1 saturated carbocycles. The van der Waals surface area contributed by atoms with Crippen molar-refractivity contribution in [3.05, 3.63) is 24.3 Å². The van der Waals surface area contributed by atoms with E-state index < -0.39 is 40.0 Å². The molecule has 1 saturated heterocycles. The van der Waals surface area contributed by atoms with Crippen molar-refractivity contribution >= 4 is 39.2 Å². The first-order valence-electron chi connectivity index (χ1n) is 10.6. The van der Waals surface area contributed by atoms with Crippen molar-refractivity contribution in [2.75, 3.05) is 36.2 Å². The highest BCUT2D eigenvalue weighted by Crippen LogP contribution is 2.45. The largest absolute Gasteiger partial charge is 0.455 e. The van der Waals surface area contributed by atoms with Crippen LogP contribution in [0, 0.1) is 5.92 Å². The highest BCUT2D eigenvalue weighted by atomic mass is 32.2. The number of hydrogen-bond acceptors (Lipinski definition) is 6. The molecule has 1 N–H and O–H groups in total. The van der Waals surface area contributed by atoms with Gasteiger partial charge in [-0.3, -0.25) is 19.3 Å². The van der Waals surface area contributed by atoms with E-state index in [0.29, 0.717) is 37.1 Å². The minimum Gasteiger partial charge on any atom is -0.455 e. The van der Waals surface area contributed by atoms with Crippen LogP contribution >= 0.6 is 0 Å². The summed E-state index contributed by atoms with van der Waals surface area (Å²) in [5.41, 5.74) is 0.239. The number of esters is 1. The Morgan fingerprint density at radius 2 is 1.81 bits per heavy atom. The van der Waals surface area contributed by atoms with Gasteiger partial charge in [0.2, 0.25) is 10.0 Å². The van der Waals surface area contributed by atoms with Gasteiger partial charge in [0.1, 0.15) is 5.54 Å². The highest BCUT2D eigenvalue weighted by molar-refractivity contribution is 7.88. The first kappa shape index (κ1) is 21.8. The number of carbonyl (C=O) groups is 3. The Morgan fingerprint density at radius 3 is 2.45 bits per heavy atom. The van der Waals surface area contributed by atoms with Crippen LogP contribution in [0.25, 0.3) is 0 Å². The summed E-state index contributed by atoms with van der Waals surface area (Å²) < 4.78 is 29.9. The van der Waals surface area contributed by atoms with Crippen LogP contribution in [-0.4, -0.2) is 62.0 Å². The molecule has 2 amide bonds. The summed E-state index contributed by atoms with van der Waals surface area (Å²) in [6, 6.07) is 7.13. The minimum atomic E-state index is -3.28. The molecule has 3 aliphatic rings. The van der Waals surface area contributed by atoms with Crippen LogP contribution < -0.4 is 10.2 Å². The van der Waals surface area contributed by atoms with Gasteiger partial charge < -0.3 is 10.1 Å². The van der Waals surface area contributed by atoms with E-state index in [1.165, 1.54) is 9.21 Å². The van der Waals surface area contributed by atoms with Crippen LogP contribution in [0.3, 0.4) is 0 Å². The molecule has 0 aromatic heterocycles. The third-order valence-electron chi connectivity index (χ3n) is 6.52. The maximum atomic E-state index is 13.2. The Kier molecular flexibility index (Phi) is 5.78. The SMILES string of the molecule is CS(=O)(=O)N1CCC(C(=O)OCC(=O)N2c3ccccc3NC(=O)C23CCCC3)CC1. The molecule has 2 aliphatic heterocycles. The molecule has 0 atom stereocenters. The lowest BCUT2D eigenvalue weighted by Gasteiger charge is -2.44. The predicted molar refractivity (Wildman–Crippen MR) is 114 cm³/mol. The van der Waals surface area contributed by atoms with Crippen LogP contribution in [0.5, 0.6) is 0 Å². The van der Waals surface area contributed by atoms with E-state index in [9.17, 15) is 22.8 Å². The quantitative estimate of drug-likeness (QED) is 0.697. The second kappa shape index (κ2) is 8.23. The Balaban J connectivity index is 1.45. The van der Waals surface area contributed by atoms with E-state index in [0.717, 1.165) is 19.1 Å². The molecule has 1 aliphatic carbocycles. The van der Waals surface area contributed by atoms with Crippen molar-refractivity contribution in [3.63, 3.8) is 0 Å². The van der Waals surface area contributed by atoms with Gasteiger partial charge in [0.05, 0.1) is 23.5 Å². The van der Waals surface area contributed by atoms with Crippen molar-refractivity contribution in [1.29, 1.82) is 0 Å². The predicted octanol–water partition coefficient (Wildman–Crippen LogP) is 1.50. The molecule has 1 aromatic carbocycles. The monoisotopic (exact) mass is 449 g/mol. The van der Waals surface area contributed by atoms with Crippen molar-refractivity contribution in [3.8, 4) is 0 Å². The fourth-order valence-electron chi connectivity index (χ4n) is 4.87. The fourth-order valence-corrected chi connectivity index (χ4v) is 5.74. The second-order valence-corrected chi connectivity index (χ2v) is 10.5. The molecule has 0 bridgehead atoms. The van der Waals surface area contributed by atoms with Crippen molar-refractivity contribution in [2.24, 2.45) is 5.92 Å². The lowest BCUT2D eigenvalue weighted by Crippen LogP contribution is -2.61. The van der Waals surface area contributed by atoms with Crippen LogP contribution in [0.4, 0.5) is 11.4 Å². The summed E-state index contributed by atoms with van der Waals surface area (Å²) in [5.74, 6) is -1.57. The van der Waals surface area contributed by atoms with Crippen molar-refractivity contribution in [1.82, 2.24) is 4.31 Å². The number of sulfonamides is 1. The van der Waals surface area contributed by atoms with E-state index in [-0.39, 0.29) is 19.0 Å². The molecule has 1 aromatic rings. The number of rotatable bonds is 4. The zero-order valence-corrected chi connectivity index (χ0v) is 18.3. The maximum Gasteiger partial charge on any atom is 0.309 e. The summed E-state index contributed by atoms with van der Waals surface area (Å²) in [7, 11) is -3.28. The molecular formula is C21H27N3O6S. The number of benzene rings is 1. The number of carbonyl (C=O) groups excluding carboxylic acids is 3. The van der Waals surface area contributed by atoms with Gasteiger partial charge in [0.25, 0.3) is 11.8 Å². The topological polar surface area (TPSA) is 113 Å². The maximum absolute atomic E-state index is 13.2. The number of amides is 2. The molecule has 31 heavy (non-hydrogen) atoms. The van der Waals surface area contributed by atoms with Gasteiger partial charge in [-0.25, -0.2) is 12.7 Å². The lowest BCUT2D eigenvalue weighted by atomic mass is 9.90. The number of para-hydroxylation sites is 2. The number of anilines is 2. The number of fused-ring (bicyclic) bond motifs is 1. The van der Waals surface area contributed by atoms with Gasteiger partial charge in [0, 0.05) is 13.1 Å². The number of piperidine rings is 1. The summed E-state index contributed by atoms with van der Waals surface area (Å²) in [6.07, 6.45) is 4.69. The smallest absolute Gasteiger partial charge is 0.309 e. The lowest BCUT2D eigenvalue weighted by molar-refractivity contribution is -0.153. The molecule has 4 rings (SSSR count). The van der Waals surface area contributed by atoms with E-state index >= 15 is 0 Å². The Morgan fingerprint density at radius 1 is 1.16 bits per heavy atom. The van der Waals surface area contributed by atoms with Crippen molar-refractivity contribution < 1.29 is 27.5 Å². The van der Waals surface area contributed by atoms with E-state index in [2.05, 4.69) is 5.32 Å². The van der Waals surface area contributed by atoms with Gasteiger partial charge in [-0.15, -0.1) is 0 Å². The molecule has 168 valence electrons. The standard InChI is InChI=1S/C21H27N3O6S/c1-31(28,29)23-12-8-15(9-13-23)19(26)30-14-18(25)24-17-7-3-2-6-16(17)22-20(27)21(24)10-4-5-11-21/h2-3,6-7,15H,4-5,8-14H2,1H3,(H,22,27). The zero-order valence-electron chi connectivity index (χ0n) is 17.5. The Hall–Kier alpha value is -2.46. The molecule has 0 unspecified atom stereocenters. The van der Waals surface area contributed by atoms with Gasteiger partial charge in [-0.1, -0.05) is 25.0 Å². The average Bonchev–Trinajstić information content (AvgIpc) is 3.22. The molecular weight excluding hydrogens is 422 g/mol. The van der Waals surface area contributed by atoms with Crippen molar-refractivity contribution in [2.45, 2.75) is 44.1 Å². The van der Waals surface area contributed by atoms with E-state index in [1.54, 1.807) is 24.3 Å². The minimum absolute atomic E-state index is 0.198. The summed E-state index contributed by atoms with van der Waals surface area (Å²) in [5, 5.41) is 2.92.